The molecule has 1 N–H and O–H groups in total. The lowest BCUT2D eigenvalue weighted by Gasteiger charge is -2.39. The molecule has 0 aliphatic carbocycles. The number of pyridine rings is 1. The number of aromatic nitrogens is 2. The molecule has 176 valence electrons. The van der Waals surface area contributed by atoms with Crippen LogP contribution in [0.5, 0.6) is 0 Å². The zero-order valence-electron chi connectivity index (χ0n) is 18.9. The SMILES string of the molecule is Cc1ccn2ncc(C(=O)N3C4=C(C[C@H]5CCC[C@@H]4N5)C(c4cc(F)c(F)c(F)c4)N3C)c2c1. The fourth-order valence-electron chi connectivity index (χ4n) is 5.80. The summed E-state index contributed by atoms with van der Waals surface area (Å²) in [6.45, 7) is 1.95. The first-order valence-corrected chi connectivity index (χ1v) is 11.5. The first-order chi connectivity index (χ1) is 16.3. The molecular weight excluding hydrogens is 443 g/mol. The molecule has 2 bridgehead atoms. The minimum absolute atomic E-state index is 0.0439. The first kappa shape index (κ1) is 21.4. The fraction of sp³-hybridized carbons (Fsp3) is 0.360. The molecule has 1 unspecified atom stereocenters. The lowest BCUT2D eigenvalue weighted by molar-refractivity contribution is 0.0211. The van der Waals surface area contributed by atoms with Gasteiger partial charge >= 0.3 is 0 Å². The van der Waals surface area contributed by atoms with Gasteiger partial charge in [-0.25, -0.2) is 27.7 Å². The number of hydrazine groups is 1. The Morgan fingerprint density at radius 2 is 1.91 bits per heavy atom. The number of halogens is 3. The van der Waals surface area contributed by atoms with Gasteiger partial charge in [-0.15, -0.1) is 0 Å². The monoisotopic (exact) mass is 467 g/mol. The third kappa shape index (κ3) is 3.10. The van der Waals surface area contributed by atoms with Gasteiger partial charge in [-0.05, 0) is 73.6 Å². The van der Waals surface area contributed by atoms with E-state index in [9.17, 15) is 18.0 Å². The van der Waals surface area contributed by atoms with Gasteiger partial charge in [-0.2, -0.15) is 5.10 Å². The van der Waals surface area contributed by atoms with Gasteiger partial charge in [0.1, 0.15) is 0 Å². The van der Waals surface area contributed by atoms with E-state index < -0.39 is 23.5 Å². The van der Waals surface area contributed by atoms with E-state index in [1.54, 1.807) is 34.0 Å². The molecule has 1 amide bonds. The van der Waals surface area contributed by atoms with E-state index in [-0.39, 0.29) is 23.6 Å². The van der Waals surface area contributed by atoms with Crippen LogP contribution < -0.4 is 5.32 Å². The predicted octanol–water partition coefficient (Wildman–Crippen LogP) is 4.27. The second-order valence-corrected chi connectivity index (χ2v) is 9.45. The first-order valence-electron chi connectivity index (χ1n) is 11.5. The number of carbonyl (C=O) groups excluding carboxylic acids is 1. The van der Waals surface area contributed by atoms with E-state index in [1.807, 2.05) is 19.1 Å². The Balaban J connectivity index is 1.50. The molecule has 6 nitrogen and oxygen atoms in total. The molecule has 1 fully saturated rings. The van der Waals surface area contributed by atoms with Crippen LogP contribution in [0.3, 0.4) is 0 Å². The van der Waals surface area contributed by atoms with Crippen molar-refractivity contribution in [3.63, 3.8) is 0 Å². The molecule has 3 aliphatic heterocycles. The lowest BCUT2D eigenvalue weighted by Crippen LogP contribution is -2.51. The molecule has 9 heteroatoms. The summed E-state index contributed by atoms with van der Waals surface area (Å²) in [7, 11) is 1.74. The zero-order chi connectivity index (χ0) is 23.7. The van der Waals surface area contributed by atoms with Crippen molar-refractivity contribution in [2.24, 2.45) is 0 Å². The van der Waals surface area contributed by atoms with Gasteiger partial charge < -0.3 is 5.32 Å². The average molecular weight is 467 g/mol. The summed E-state index contributed by atoms with van der Waals surface area (Å²) < 4.78 is 43.8. The van der Waals surface area contributed by atoms with Gasteiger partial charge in [0.15, 0.2) is 17.5 Å². The topological polar surface area (TPSA) is 52.9 Å². The molecule has 3 aliphatic rings. The van der Waals surface area contributed by atoms with Gasteiger partial charge in [-0.1, -0.05) is 0 Å². The third-order valence-electron chi connectivity index (χ3n) is 7.28. The number of hydrogen-bond acceptors (Lipinski definition) is 4. The second-order valence-electron chi connectivity index (χ2n) is 9.45. The molecule has 1 saturated heterocycles. The molecule has 3 aromatic rings. The predicted molar refractivity (Wildman–Crippen MR) is 119 cm³/mol. The smallest absolute Gasteiger partial charge is 0.276 e. The summed E-state index contributed by atoms with van der Waals surface area (Å²) in [5, 5.41) is 11.3. The third-order valence-corrected chi connectivity index (χ3v) is 7.28. The van der Waals surface area contributed by atoms with Crippen molar-refractivity contribution in [3.05, 3.63) is 82.1 Å². The van der Waals surface area contributed by atoms with Gasteiger partial charge in [0.2, 0.25) is 0 Å². The van der Waals surface area contributed by atoms with E-state index in [1.165, 1.54) is 0 Å². The normalized spacial score (nSPS) is 24.7. The van der Waals surface area contributed by atoms with Crippen molar-refractivity contribution >= 4 is 11.4 Å². The van der Waals surface area contributed by atoms with Gasteiger partial charge in [-0.3, -0.25) is 4.79 Å². The quantitative estimate of drug-likeness (QED) is 0.572. The minimum Gasteiger partial charge on any atom is -0.306 e. The number of carbonyl (C=O) groups is 1. The molecule has 0 radical (unpaired) electrons. The lowest BCUT2D eigenvalue weighted by atomic mass is 9.81. The molecular formula is C25H24F3N5O. The van der Waals surface area contributed by atoms with E-state index in [2.05, 4.69) is 10.4 Å². The molecule has 34 heavy (non-hydrogen) atoms. The Labute approximate surface area is 194 Å². The highest BCUT2D eigenvalue weighted by molar-refractivity contribution is 6.01. The number of rotatable bonds is 2. The van der Waals surface area contributed by atoms with E-state index in [4.69, 9.17) is 0 Å². The summed E-state index contributed by atoms with van der Waals surface area (Å²) in [5.41, 5.74) is 4.19. The van der Waals surface area contributed by atoms with Crippen LogP contribution in [0.2, 0.25) is 0 Å². The number of likely N-dealkylation sites (N-methyl/N-ethyl adjacent to an activating group) is 1. The Hall–Kier alpha value is -3.17. The van der Waals surface area contributed by atoms with Crippen LogP contribution in [0.4, 0.5) is 13.2 Å². The molecule has 0 saturated carbocycles. The highest BCUT2D eigenvalue weighted by Gasteiger charge is 2.48. The maximum absolute atomic E-state index is 14.2. The number of hydrogen-bond donors (Lipinski definition) is 1. The second kappa shape index (κ2) is 7.68. The summed E-state index contributed by atoms with van der Waals surface area (Å²) in [4.78, 5) is 14.0. The molecule has 5 heterocycles. The van der Waals surface area contributed by atoms with Crippen molar-refractivity contribution < 1.29 is 18.0 Å². The summed E-state index contributed by atoms with van der Waals surface area (Å²) in [5.74, 6) is -4.22. The van der Waals surface area contributed by atoms with Gasteiger partial charge in [0, 0.05) is 25.3 Å². The van der Waals surface area contributed by atoms with Crippen LogP contribution in [-0.4, -0.2) is 44.7 Å². The number of nitrogens with zero attached hydrogens (tertiary/aromatic N) is 4. The summed E-state index contributed by atoms with van der Waals surface area (Å²) in [6, 6.07) is 5.51. The maximum atomic E-state index is 14.2. The van der Waals surface area contributed by atoms with Crippen molar-refractivity contribution in [2.45, 2.75) is 50.7 Å². The molecule has 0 spiro atoms. The zero-order valence-corrected chi connectivity index (χ0v) is 18.9. The van der Waals surface area contributed by atoms with Crippen LogP contribution in [-0.2, 0) is 0 Å². The summed E-state index contributed by atoms with van der Waals surface area (Å²) >= 11 is 0. The Morgan fingerprint density at radius 3 is 2.68 bits per heavy atom. The Kier molecular flexibility index (Phi) is 4.82. The minimum atomic E-state index is -1.49. The average Bonchev–Trinajstić information content (AvgIpc) is 3.35. The van der Waals surface area contributed by atoms with Gasteiger partial charge in [0.25, 0.3) is 5.91 Å². The number of aryl methyl sites for hydroxylation is 1. The number of nitrogens with one attached hydrogen (secondary N) is 1. The summed E-state index contributed by atoms with van der Waals surface area (Å²) in [6.07, 6.45) is 6.90. The molecule has 2 aromatic heterocycles. The van der Waals surface area contributed by atoms with Crippen LogP contribution in [0, 0.1) is 24.4 Å². The molecule has 1 aromatic carbocycles. The van der Waals surface area contributed by atoms with Crippen LogP contribution in [0.25, 0.3) is 5.52 Å². The molecule has 6 rings (SSSR count). The highest BCUT2D eigenvalue weighted by Crippen LogP contribution is 2.47. The maximum Gasteiger partial charge on any atom is 0.276 e. The Morgan fingerprint density at radius 1 is 1.15 bits per heavy atom. The number of piperidine rings is 1. The Bertz CT molecular complexity index is 1340. The molecule has 3 atom stereocenters. The number of fused-ring (bicyclic) bond motifs is 4. The van der Waals surface area contributed by atoms with E-state index in [0.29, 0.717) is 17.5 Å². The highest BCUT2D eigenvalue weighted by atomic mass is 19.2. The van der Waals surface area contributed by atoms with E-state index >= 15 is 0 Å². The largest absolute Gasteiger partial charge is 0.306 e. The van der Waals surface area contributed by atoms with Crippen molar-refractivity contribution in [3.8, 4) is 0 Å². The fourth-order valence-corrected chi connectivity index (χ4v) is 5.80. The van der Waals surface area contributed by atoms with Gasteiger partial charge in [0.05, 0.1) is 29.0 Å². The van der Waals surface area contributed by atoms with Crippen molar-refractivity contribution in [1.82, 2.24) is 24.9 Å². The van der Waals surface area contributed by atoms with Crippen LogP contribution in [0.15, 0.2) is 47.9 Å². The standard InChI is InChI=1S/C25H24F3N5O/c1-13-6-7-32-21(8-13)17(12-29-32)25(34)33-24-16(11-15-4-3-5-20(24)30-15)23(31(33)2)14-9-18(26)22(28)19(27)10-14/h6-10,12,15,20,23,30H,3-5,11H2,1-2H3/t15-,20+,23?/m1/s1. The number of amides is 1. The van der Waals surface area contributed by atoms with Crippen LogP contribution >= 0.6 is 0 Å². The van der Waals surface area contributed by atoms with Crippen molar-refractivity contribution in [1.29, 1.82) is 0 Å². The van der Waals surface area contributed by atoms with Crippen molar-refractivity contribution in [2.75, 3.05) is 7.05 Å². The van der Waals surface area contributed by atoms with Crippen LogP contribution in [0.1, 0.15) is 53.2 Å². The van der Waals surface area contributed by atoms with E-state index in [0.717, 1.165) is 48.2 Å². The number of benzene rings is 1.